The molecule has 0 aliphatic carbocycles. The lowest BCUT2D eigenvalue weighted by atomic mass is 10.0. The Morgan fingerprint density at radius 1 is 0.756 bits per heavy atom. The molecule has 9 heteroatoms. The van der Waals surface area contributed by atoms with E-state index in [-0.39, 0.29) is 6.10 Å². The zero-order chi connectivity index (χ0) is 29.5. The van der Waals surface area contributed by atoms with Gasteiger partial charge in [-0.3, -0.25) is 9.80 Å². The molecular weight excluding hydrogens is 563 g/mol. The van der Waals surface area contributed by atoms with Crippen molar-refractivity contribution in [1.29, 1.82) is 0 Å². The molecule has 0 amide bonds. The Morgan fingerprint density at radius 3 is 1.73 bits per heavy atom. The number of nitrogens with zero attached hydrogens (tertiary/aromatic N) is 2. The summed E-state index contributed by atoms with van der Waals surface area (Å²) < 4.78 is 6.38. The molecule has 4 rings (SSSR count). The second kappa shape index (κ2) is 17.4. The van der Waals surface area contributed by atoms with E-state index >= 15 is 0 Å². The summed E-state index contributed by atoms with van der Waals surface area (Å²) in [5.74, 6) is -2.51. The zero-order valence-corrected chi connectivity index (χ0v) is 24.1. The first-order valence-electron chi connectivity index (χ1n) is 13.2. The van der Waals surface area contributed by atoms with Crippen LogP contribution in [-0.4, -0.2) is 77.8 Å². The van der Waals surface area contributed by atoms with Gasteiger partial charge in [0.1, 0.15) is 6.10 Å². The number of carboxylic acid groups (broad SMARTS) is 2. The monoisotopic (exact) mass is 596 g/mol. The summed E-state index contributed by atoms with van der Waals surface area (Å²) in [5.41, 5.74) is 3.44. The van der Waals surface area contributed by atoms with E-state index in [0.717, 1.165) is 60.4 Å². The fourth-order valence-electron chi connectivity index (χ4n) is 4.20. The van der Waals surface area contributed by atoms with E-state index in [2.05, 4.69) is 46.2 Å². The smallest absolute Gasteiger partial charge is 0.328 e. The van der Waals surface area contributed by atoms with E-state index in [0.29, 0.717) is 18.8 Å². The van der Waals surface area contributed by atoms with Crippen molar-refractivity contribution in [2.75, 3.05) is 45.9 Å². The van der Waals surface area contributed by atoms with E-state index < -0.39 is 11.9 Å². The minimum absolute atomic E-state index is 0.135. The predicted molar refractivity (Wildman–Crippen MR) is 163 cm³/mol. The van der Waals surface area contributed by atoms with Crippen LogP contribution < -0.4 is 0 Å². The molecule has 1 fully saturated rings. The first-order chi connectivity index (χ1) is 19.8. The van der Waals surface area contributed by atoms with E-state index in [1.165, 1.54) is 5.56 Å². The third-order valence-corrected chi connectivity index (χ3v) is 6.85. The van der Waals surface area contributed by atoms with Crippen molar-refractivity contribution in [2.45, 2.75) is 6.10 Å². The van der Waals surface area contributed by atoms with Gasteiger partial charge in [-0.25, -0.2) is 9.59 Å². The largest absolute Gasteiger partial charge is 0.478 e. The van der Waals surface area contributed by atoms with Crippen LogP contribution in [0.4, 0.5) is 0 Å². The van der Waals surface area contributed by atoms with Gasteiger partial charge in [-0.15, -0.1) is 0 Å². The molecule has 0 aromatic heterocycles. The maximum absolute atomic E-state index is 9.55. The zero-order valence-electron chi connectivity index (χ0n) is 22.6. The predicted octanol–water partition coefficient (Wildman–Crippen LogP) is 6.14. The van der Waals surface area contributed by atoms with Crippen molar-refractivity contribution in [1.82, 2.24) is 9.80 Å². The SMILES string of the molecule is Clc1ccc(C(OCCN2CCN(CC=Cc3ccccc3)CC2)c2ccc(Cl)cc2)cc1.O=C(O)/C=C\C(=O)O. The minimum atomic E-state index is -1.26. The molecule has 0 bridgehead atoms. The van der Waals surface area contributed by atoms with E-state index in [9.17, 15) is 9.59 Å². The van der Waals surface area contributed by atoms with Gasteiger partial charge in [0.2, 0.25) is 0 Å². The molecular formula is C32H34Cl2N2O5. The molecule has 1 saturated heterocycles. The van der Waals surface area contributed by atoms with Crippen molar-refractivity contribution in [3.05, 3.63) is 124 Å². The summed E-state index contributed by atoms with van der Waals surface area (Å²) in [4.78, 5) is 24.1. The molecule has 216 valence electrons. The highest BCUT2D eigenvalue weighted by atomic mass is 35.5. The third kappa shape index (κ3) is 12.3. The third-order valence-electron chi connectivity index (χ3n) is 6.34. The second-order valence-electron chi connectivity index (χ2n) is 9.32. The Kier molecular flexibility index (Phi) is 13.6. The summed E-state index contributed by atoms with van der Waals surface area (Å²) in [7, 11) is 0. The maximum Gasteiger partial charge on any atom is 0.328 e. The molecule has 1 aliphatic heterocycles. The average molecular weight is 598 g/mol. The van der Waals surface area contributed by atoms with Gasteiger partial charge in [-0.1, -0.05) is 90.0 Å². The average Bonchev–Trinajstić information content (AvgIpc) is 2.97. The van der Waals surface area contributed by atoms with Crippen molar-refractivity contribution >= 4 is 41.2 Å². The maximum atomic E-state index is 9.55. The van der Waals surface area contributed by atoms with Gasteiger partial charge in [0.25, 0.3) is 0 Å². The summed E-state index contributed by atoms with van der Waals surface area (Å²) in [6, 6.07) is 26.2. The van der Waals surface area contributed by atoms with Crippen molar-refractivity contribution < 1.29 is 24.5 Å². The molecule has 0 atom stereocenters. The lowest BCUT2D eigenvalue weighted by Gasteiger charge is -2.34. The minimum Gasteiger partial charge on any atom is -0.478 e. The Balaban J connectivity index is 0.000000507. The number of carboxylic acids is 2. The van der Waals surface area contributed by atoms with Crippen molar-refractivity contribution in [3.63, 3.8) is 0 Å². The highest BCUT2D eigenvalue weighted by molar-refractivity contribution is 6.30. The standard InChI is InChI=1S/C28H30Cl2N2O.C4H4O4/c29-26-12-8-24(9-13-26)28(25-10-14-27(30)15-11-25)33-22-21-32-19-17-31(18-20-32)16-4-7-23-5-2-1-3-6-23;5-3(6)1-2-4(7)8/h1-15,28H,16-22H2;1-2H,(H,5,6)(H,7,8)/b;2-1-. The molecule has 2 N–H and O–H groups in total. The van der Waals surface area contributed by atoms with Gasteiger partial charge >= 0.3 is 11.9 Å². The number of carbonyl (C=O) groups is 2. The highest BCUT2D eigenvalue weighted by Crippen LogP contribution is 2.28. The quantitative estimate of drug-likeness (QED) is 0.257. The van der Waals surface area contributed by atoms with Gasteiger partial charge in [0.15, 0.2) is 0 Å². The van der Waals surface area contributed by atoms with Crippen LogP contribution in [0.1, 0.15) is 22.8 Å². The number of halogens is 2. The molecule has 3 aromatic carbocycles. The lowest BCUT2D eigenvalue weighted by Crippen LogP contribution is -2.47. The molecule has 1 heterocycles. The number of hydrogen-bond donors (Lipinski definition) is 2. The topological polar surface area (TPSA) is 90.3 Å². The molecule has 0 unspecified atom stereocenters. The Labute approximate surface area is 250 Å². The fourth-order valence-corrected chi connectivity index (χ4v) is 4.45. The number of rotatable bonds is 11. The first-order valence-corrected chi connectivity index (χ1v) is 14.0. The van der Waals surface area contributed by atoms with Crippen LogP contribution in [0.25, 0.3) is 6.08 Å². The van der Waals surface area contributed by atoms with E-state index in [1.807, 2.05) is 54.6 Å². The normalized spacial score (nSPS) is 14.3. The van der Waals surface area contributed by atoms with Crippen molar-refractivity contribution in [3.8, 4) is 0 Å². The first kappa shape index (κ1) is 32.1. The Bertz CT molecular complexity index is 1210. The molecule has 41 heavy (non-hydrogen) atoms. The summed E-state index contributed by atoms with van der Waals surface area (Å²) in [6.07, 6.45) is 5.44. The van der Waals surface area contributed by atoms with Gasteiger partial charge in [-0.05, 0) is 41.0 Å². The van der Waals surface area contributed by atoms with Crippen LogP contribution in [0.3, 0.4) is 0 Å². The number of piperazine rings is 1. The number of benzene rings is 3. The van der Waals surface area contributed by atoms with Crippen molar-refractivity contribution in [2.24, 2.45) is 0 Å². The van der Waals surface area contributed by atoms with E-state index in [4.69, 9.17) is 38.2 Å². The summed E-state index contributed by atoms with van der Waals surface area (Å²) >= 11 is 12.2. The van der Waals surface area contributed by atoms with Gasteiger partial charge in [0.05, 0.1) is 6.61 Å². The van der Waals surface area contributed by atoms with Crippen LogP contribution in [0, 0.1) is 0 Å². The highest BCUT2D eigenvalue weighted by Gasteiger charge is 2.18. The van der Waals surface area contributed by atoms with E-state index in [1.54, 1.807) is 0 Å². The summed E-state index contributed by atoms with van der Waals surface area (Å²) in [6.45, 7) is 6.88. The Hall–Kier alpha value is -3.46. The fraction of sp³-hybridized carbons (Fsp3) is 0.250. The van der Waals surface area contributed by atoms with Crippen LogP contribution in [-0.2, 0) is 14.3 Å². The van der Waals surface area contributed by atoms with Gasteiger partial charge in [-0.2, -0.15) is 0 Å². The molecule has 0 spiro atoms. The Morgan fingerprint density at radius 2 is 1.24 bits per heavy atom. The van der Waals surface area contributed by atoms with Crippen LogP contribution in [0.5, 0.6) is 0 Å². The molecule has 1 aliphatic rings. The molecule has 0 saturated carbocycles. The number of ether oxygens (including phenoxy) is 1. The van der Waals surface area contributed by atoms with Gasteiger partial charge < -0.3 is 14.9 Å². The van der Waals surface area contributed by atoms with Crippen LogP contribution >= 0.6 is 23.2 Å². The summed E-state index contributed by atoms with van der Waals surface area (Å²) in [5, 5.41) is 17.1. The van der Waals surface area contributed by atoms with Crippen LogP contribution in [0.2, 0.25) is 10.0 Å². The van der Waals surface area contributed by atoms with Crippen LogP contribution in [0.15, 0.2) is 97.1 Å². The second-order valence-corrected chi connectivity index (χ2v) is 10.2. The molecule has 3 aromatic rings. The number of aliphatic carboxylic acids is 2. The molecule has 0 radical (unpaired) electrons. The lowest BCUT2D eigenvalue weighted by molar-refractivity contribution is -0.134. The van der Waals surface area contributed by atoms with Gasteiger partial charge in [0, 0.05) is 61.5 Å². The number of hydrogen-bond acceptors (Lipinski definition) is 5. The molecule has 7 nitrogen and oxygen atoms in total.